The quantitative estimate of drug-likeness (QED) is 0.211. The van der Waals surface area contributed by atoms with Crippen LogP contribution in [0.4, 0.5) is 0 Å². The summed E-state index contributed by atoms with van der Waals surface area (Å²) in [5.41, 5.74) is 4.74. The van der Waals surface area contributed by atoms with Gasteiger partial charge >= 0.3 is 0 Å². The number of fused-ring (bicyclic) bond motifs is 2. The third kappa shape index (κ3) is 7.82. The average Bonchev–Trinajstić information content (AvgIpc) is 3.60. The second-order valence-corrected chi connectivity index (χ2v) is 11.6. The normalized spacial score (nSPS) is 21.3. The van der Waals surface area contributed by atoms with Crippen molar-refractivity contribution < 1.29 is 14.4 Å². The standard InChI is InChI=1S/C34H46N6O3/c1-21(35-3)25(33(42)40-31-27-16-9-7-13-24(27)20-30(31)37-5)14-10-11-17-29(39-32(41)22(2)36-4)34(43)38-28-19-18-23-12-6-8-15-26(23)28/h6-9,12-13,15-16,21-22,25,28-31,35-37H,14,17-20H2,1-5H3,(H,38,43)(H,39,41)(H,40,42)/t21?,22?,25-,28?,29+,30+,31?/m1/s1. The van der Waals surface area contributed by atoms with Crippen LogP contribution < -0.4 is 31.9 Å². The monoisotopic (exact) mass is 586 g/mol. The van der Waals surface area contributed by atoms with Crippen molar-refractivity contribution in [3.63, 3.8) is 0 Å². The molecule has 4 unspecified atom stereocenters. The molecule has 3 amide bonds. The smallest absolute Gasteiger partial charge is 0.244 e. The van der Waals surface area contributed by atoms with E-state index in [1.807, 2.05) is 51.4 Å². The van der Waals surface area contributed by atoms with E-state index in [-0.39, 0.29) is 48.3 Å². The Hall–Kier alpha value is -3.71. The van der Waals surface area contributed by atoms with E-state index >= 15 is 0 Å². The summed E-state index contributed by atoms with van der Waals surface area (Å²) in [6.45, 7) is 3.71. The van der Waals surface area contributed by atoms with Gasteiger partial charge in [0.25, 0.3) is 0 Å². The Labute approximate surface area is 255 Å². The number of amides is 3. The molecule has 2 aromatic rings. The lowest BCUT2D eigenvalue weighted by Gasteiger charge is -2.26. The fourth-order valence-electron chi connectivity index (χ4n) is 5.97. The van der Waals surface area contributed by atoms with Crippen molar-refractivity contribution in [1.82, 2.24) is 31.9 Å². The van der Waals surface area contributed by atoms with E-state index < -0.39 is 18.0 Å². The molecule has 0 aliphatic heterocycles. The summed E-state index contributed by atoms with van der Waals surface area (Å²) in [6.07, 6.45) is 3.05. The minimum absolute atomic E-state index is 0.0663. The van der Waals surface area contributed by atoms with E-state index in [2.05, 4.69) is 61.9 Å². The molecule has 4 rings (SSSR count). The molecule has 0 heterocycles. The van der Waals surface area contributed by atoms with E-state index in [0.29, 0.717) is 6.42 Å². The molecule has 0 aromatic heterocycles. The molecule has 9 heteroatoms. The van der Waals surface area contributed by atoms with Crippen LogP contribution in [0, 0.1) is 17.8 Å². The van der Waals surface area contributed by atoms with Gasteiger partial charge in [-0.05, 0) is 76.5 Å². The van der Waals surface area contributed by atoms with Crippen molar-refractivity contribution in [2.24, 2.45) is 5.92 Å². The van der Waals surface area contributed by atoms with E-state index in [9.17, 15) is 14.4 Å². The van der Waals surface area contributed by atoms with Crippen LogP contribution in [-0.2, 0) is 27.2 Å². The highest BCUT2D eigenvalue weighted by atomic mass is 16.2. The van der Waals surface area contributed by atoms with E-state index in [1.165, 1.54) is 11.1 Å². The Kier molecular flexibility index (Phi) is 11.3. The fraction of sp³-hybridized carbons (Fsp3) is 0.500. The first-order valence-corrected chi connectivity index (χ1v) is 15.3. The summed E-state index contributed by atoms with van der Waals surface area (Å²) < 4.78 is 0. The van der Waals surface area contributed by atoms with E-state index in [1.54, 1.807) is 14.0 Å². The van der Waals surface area contributed by atoms with Crippen molar-refractivity contribution in [3.05, 3.63) is 70.8 Å². The molecule has 43 heavy (non-hydrogen) atoms. The molecule has 0 spiro atoms. The minimum Gasteiger partial charge on any atom is -0.347 e. The summed E-state index contributed by atoms with van der Waals surface area (Å²) in [5, 5.41) is 18.7. The summed E-state index contributed by atoms with van der Waals surface area (Å²) in [7, 11) is 5.45. The molecular formula is C34H46N6O3. The first-order valence-electron chi connectivity index (χ1n) is 15.3. The number of hydrogen-bond acceptors (Lipinski definition) is 6. The number of benzene rings is 2. The molecule has 0 saturated heterocycles. The number of hydrogen-bond donors (Lipinski definition) is 6. The van der Waals surface area contributed by atoms with Gasteiger partial charge in [-0.25, -0.2) is 0 Å². The zero-order valence-corrected chi connectivity index (χ0v) is 25.9. The molecule has 9 nitrogen and oxygen atoms in total. The lowest BCUT2D eigenvalue weighted by molar-refractivity contribution is -0.130. The molecule has 0 fully saturated rings. The van der Waals surface area contributed by atoms with Crippen LogP contribution in [0.15, 0.2) is 48.5 Å². The molecule has 0 saturated carbocycles. The zero-order chi connectivity index (χ0) is 30.9. The maximum atomic E-state index is 13.6. The number of likely N-dealkylation sites (N-methyl/N-ethyl adjacent to an activating group) is 2. The molecule has 0 radical (unpaired) electrons. The number of carbonyl (C=O) groups excluding carboxylic acids is 3. The Morgan fingerprint density at radius 2 is 1.49 bits per heavy atom. The number of carbonyl (C=O) groups is 3. The highest BCUT2D eigenvalue weighted by Gasteiger charge is 2.35. The van der Waals surface area contributed by atoms with Gasteiger partial charge in [0.2, 0.25) is 17.7 Å². The zero-order valence-electron chi connectivity index (χ0n) is 25.9. The molecule has 7 atom stereocenters. The Morgan fingerprint density at radius 1 is 0.814 bits per heavy atom. The van der Waals surface area contributed by atoms with Gasteiger partial charge < -0.3 is 31.9 Å². The van der Waals surface area contributed by atoms with Gasteiger partial charge in [0.15, 0.2) is 0 Å². The lowest BCUT2D eigenvalue weighted by atomic mass is 9.95. The molecule has 2 aliphatic rings. The molecule has 2 aliphatic carbocycles. The summed E-state index contributed by atoms with van der Waals surface area (Å²) in [6, 6.07) is 14.9. The first kappa shape index (κ1) is 32.2. The molecule has 2 aromatic carbocycles. The van der Waals surface area contributed by atoms with Gasteiger partial charge in [0, 0.05) is 24.9 Å². The van der Waals surface area contributed by atoms with Crippen LogP contribution in [-0.4, -0.2) is 63.0 Å². The second kappa shape index (κ2) is 15.1. The predicted molar refractivity (Wildman–Crippen MR) is 169 cm³/mol. The Morgan fingerprint density at radius 3 is 2.19 bits per heavy atom. The van der Waals surface area contributed by atoms with Gasteiger partial charge in [-0.15, -0.1) is 11.8 Å². The van der Waals surface area contributed by atoms with Crippen LogP contribution in [0.2, 0.25) is 0 Å². The highest BCUT2D eigenvalue weighted by molar-refractivity contribution is 5.90. The third-order valence-corrected chi connectivity index (χ3v) is 8.96. The maximum absolute atomic E-state index is 13.6. The topological polar surface area (TPSA) is 123 Å². The first-order chi connectivity index (χ1) is 20.8. The van der Waals surface area contributed by atoms with Gasteiger partial charge in [0.1, 0.15) is 6.04 Å². The predicted octanol–water partition coefficient (Wildman–Crippen LogP) is 1.89. The van der Waals surface area contributed by atoms with Crippen LogP contribution in [0.3, 0.4) is 0 Å². The molecular weight excluding hydrogens is 540 g/mol. The van der Waals surface area contributed by atoms with Gasteiger partial charge in [0.05, 0.1) is 24.0 Å². The van der Waals surface area contributed by atoms with Gasteiger partial charge in [-0.2, -0.15) is 0 Å². The van der Waals surface area contributed by atoms with Crippen molar-refractivity contribution in [2.75, 3.05) is 21.1 Å². The average molecular weight is 587 g/mol. The second-order valence-electron chi connectivity index (χ2n) is 11.6. The van der Waals surface area contributed by atoms with Crippen LogP contribution in [0.5, 0.6) is 0 Å². The van der Waals surface area contributed by atoms with E-state index in [4.69, 9.17) is 0 Å². The highest BCUT2D eigenvalue weighted by Crippen LogP contribution is 2.32. The van der Waals surface area contributed by atoms with Crippen molar-refractivity contribution >= 4 is 17.7 Å². The fourth-order valence-corrected chi connectivity index (χ4v) is 5.97. The maximum Gasteiger partial charge on any atom is 0.244 e. The van der Waals surface area contributed by atoms with Crippen molar-refractivity contribution in [3.8, 4) is 11.8 Å². The SMILES string of the molecule is CNC(C)C(=O)N[C@@H](CC#CC[C@@H](C(=O)NC1c2ccccc2C[C@@H]1NC)C(C)NC)C(=O)NC1CCc2ccccc21. The van der Waals surface area contributed by atoms with Gasteiger partial charge in [-0.3, -0.25) is 14.4 Å². The number of rotatable bonds is 12. The van der Waals surface area contributed by atoms with Crippen LogP contribution >= 0.6 is 0 Å². The molecule has 0 bridgehead atoms. The minimum atomic E-state index is -0.816. The van der Waals surface area contributed by atoms with Crippen molar-refractivity contribution in [2.45, 2.75) is 82.2 Å². The van der Waals surface area contributed by atoms with Crippen LogP contribution in [0.25, 0.3) is 0 Å². The van der Waals surface area contributed by atoms with Gasteiger partial charge in [-0.1, -0.05) is 48.5 Å². The summed E-state index contributed by atoms with van der Waals surface area (Å²) in [5.74, 6) is 5.25. The number of nitrogens with one attached hydrogen (secondary N) is 6. The Balaban J connectivity index is 1.44. The lowest BCUT2D eigenvalue weighted by Crippen LogP contribution is -2.51. The Bertz CT molecular complexity index is 1350. The third-order valence-electron chi connectivity index (χ3n) is 8.96. The van der Waals surface area contributed by atoms with Crippen LogP contribution in [0.1, 0.15) is 67.4 Å². The number of aryl methyl sites for hydroxylation is 1. The van der Waals surface area contributed by atoms with Crippen molar-refractivity contribution in [1.29, 1.82) is 0 Å². The van der Waals surface area contributed by atoms with E-state index in [0.717, 1.165) is 30.4 Å². The molecule has 230 valence electrons. The largest absolute Gasteiger partial charge is 0.347 e. The molecule has 6 N–H and O–H groups in total. The summed E-state index contributed by atoms with van der Waals surface area (Å²) in [4.78, 5) is 39.7. The summed E-state index contributed by atoms with van der Waals surface area (Å²) >= 11 is 0.